The third-order valence-electron chi connectivity index (χ3n) is 8.15. The second kappa shape index (κ2) is 7.06. The van der Waals surface area contributed by atoms with Gasteiger partial charge in [-0.05, 0) is 48.0 Å². The van der Waals surface area contributed by atoms with Crippen molar-refractivity contribution >= 4 is 39.9 Å². The number of nitrogens with one attached hydrogen (secondary N) is 1. The number of carbonyl (C=O) groups excluding carboxylic acids is 2. The van der Waals surface area contributed by atoms with Crippen LogP contribution >= 0.6 is 11.8 Å². The molecule has 1 N–H and O–H groups in total. The molecule has 3 aliphatic rings. The lowest BCUT2D eigenvalue weighted by Crippen LogP contribution is -2.63. The summed E-state index contributed by atoms with van der Waals surface area (Å²) in [6.07, 6.45) is 0. The number of nitrogens with zero attached hydrogens (tertiary/aromatic N) is 1. The van der Waals surface area contributed by atoms with Gasteiger partial charge in [-0.3, -0.25) is 14.5 Å². The van der Waals surface area contributed by atoms with Gasteiger partial charge in [-0.15, -0.1) is 11.8 Å². The summed E-state index contributed by atoms with van der Waals surface area (Å²) in [6, 6.07) is 28.4. The molecule has 0 unspecified atom stereocenters. The minimum Gasteiger partial charge on any atom is -0.324 e. The van der Waals surface area contributed by atoms with E-state index in [2.05, 4.69) is 59.6 Å². The molecule has 1 aliphatic carbocycles. The second-order valence-corrected chi connectivity index (χ2v) is 11.2. The minimum absolute atomic E-state index is 0.0171. The zero-order chi connectivity index (χ0) is 23.9. The number of fused-ring (bicyclic) bond motifs is 3. The average molecular weight is 477 g/mol. The van der Waals surface area contributed by atoms with E-state index in [0.29, 0.717) is 12.1 Å². The number of hydrogen-bond acceptors (Lipinski definition) is 4. The monoisotopic (exact) mass is 476 g/mol. The van der Waals surface area contributed by atoms with Gasteiger partial charge in [-0.2, -0.15) is 0 Å². The van der Waals surface area contributed by atoms with E-state index in [1.807, 2.05) is 49.5 Å². The van der Waals surface area contributed by atoms with E-state index in [-0.39, 0.29) is 17.6 Å². The predicted molar refractivity (Wildman–Crippen MR) is 140 cm³/mol. The van der Waals surface area contributed by atoms with E-state index < -0.39 is 10.3 Å². The Bertz CT molecular complexity index is 1560. The first-order chi connectivity index (χ1) is 17.0. The van der Waals surface area contributed by atoms with Crippen LogP contribution < -0.4 is 5.32 Å². The first-order valence-corrected chi connectivity index (χ1v) is 12.7. The van der Waals surface area contributed by atoms with Gasteiger partial charge in [0.1, 0.15) is 10.3 Å². The second-order valence-electron chi connectivity index (χ2n) is 9.88. The number of thioether (sulfide) groups is 1. The molecule has 5 heteroatoms. The third-order valence-corrected chi connectivity index (χ3v) is 9.81. The molecule has 2 heterocycles. The summed E-state index contributed by atoms with van der Waals surface area (Å²) in [5.74, 6) is -0.266. The maximum atomic E-state index is 14.6. The molecule has 0 radical (unpaired) electrons. The van der Waals surface area contributed by atoms with Crippen molar-refractivity contribution in [2.75, 3.05) is 18.9 Å². The van der Waals surface area contributed by atoms with Crippen LogP contribution in [0.4, 0.5) is 5.69 Å². The molecule has 2 aliphatic heterocycles. The van der Waals surface area contributed by atoms with Crippen LogP contribution in [0.25, 0.3) is 10.8 Å². The number of hydrogen-bond donors (Lipinski definition) is 1. The number of ketones is 1. The first kappa shape index (κ1) is 20.9. The molecule has 1 fully saturated rings. The highest BCUT2D eigenvalue weighted by molar-refractivity contribution is 8.02. The molecule has 172 valence electrons. The highest BCUT2D eigenvalue weighted by atomic mass is 32.2. The zero-order valence-electron chi connectivity index (χ0n) is 19.5. The van der Waals surface area contributed by atoms with Gasteiger partial charge in [0.05, 0.1) is 5.69 Å². The van der Waals surface area contributed by atoms with Crippen LogP contribution in [0.15, 0.2) is 89.8 Å². The molecule has 2 spiro atoms. The van der Waals surface area contributed by atoms with Gasteiger partial charge in [0.15, 0.2) is 5.78 Å². The van der Waals surface area contributed by atoms with Crippen LogP contribution in [-0.4, -0.2) is 34.9 Å². The van der Waals surface area contributed by atoms with Crippen LogP contribution in [0.2, 0.25) is 0 Å². The van der Waals surface area contributed by atoms with E-state index in [1.54, 1.807) is 11.8 Å². The smallest absolute Gasteiger partial charge is 0.244 e. The fraction of sp³-hybridized carbons (Fsp3) is 0.200. The molecular formula is C30H24N2O2S. The molecule has 0 saturated carbocycles. The van der Waals surface area contributed by atoms with Gasteiger partial charge in [0.2, 0.25) is 5.91 Å². The van der Waals surface area contributed by atoms with Crippen molar-refractivity contribution in [3.05, 3.63) is 107 Å². The number of para-hydroxylation sites is 1. The average Bonchev–Trinajstić information content (AvgIpc) is 3.28. The molecule has 0 bridgehead atoms. The Hall–Kier alpha value is -3.41. The van der Waals surface area contributed by atoms with Crippen LogP contribution in [0.1, 0.15) is 33.0 Å². The summed E-state index contributed by atoms with van der Waals surface area (Å²) in [5.41, 5.74) is 3.59. The van der Waals surface area contributed by atoms with Crippen molar-refractivity contribution in [2.45, 2.75) is 28.0 Å². The molecule has 3 atom stereocenters. The van der Waals surface area contributed by atoms with Crippen LogP contribution in [-0.2, 0) is 10.3 Å². The van der Waals surface area contributed by atoms with Crippen molar-refractivity contribution in [1.82, 2.24) is 4.90 Å². The standard InChI is InChI=1S/C30H24N2O2S/c1-18-13-15-19(16-14-18)23-17-32(2)29(30(23)28(34)31-24-11-3-4-12-25(24)35-30)22-10-6-8-20-7-5-9-21(26(20)22)27(29)33/h3-16,23H,17H2,1-2H3,(H,31,34)/t23-,29-,30-/m1/s1. The SMILES string of the molecule is Cc1ccc([C@H]2CN(C)[C@]3(C(=O)c4cccc5cccc3c45)[C@@]23Sc2ccccc2NC3=O)cc1. The number of aryl methyl sites for hydroxylation is 1. The summed E-state index contributed by atoms with van der Waals surface area (Å²) in [7, 11) is 2.01. The summed E-state index contributed by atoms with van der Waals surface area (Å²) in [6.45, 7) is 2.67. The third kappa shape index (κ3) is 2.42. The van der Waals surface area contributed by atoms with Crippen molar-refractivity contribution < 1.29 is 9.59 Å². The molecular weight excluding hydrogens is 452 g/mol. The molecule has 4 aromatic rings. The molecule has 1 saturated heterocycles. The van der Waals surface area contributed by atoms with Gasteiger partial charge in [0.25, 0.3) is 0 Å². The largest absolute Gasteiger partial charge is 0.324 e. The topological polar surface area (TPSA) is 49.4 Å². The lowest BCUT2D eigenvalue weighted by molar-refractivity contribution is -0.120. The molecule has 35 heavy (non-hydrogen) atoms. The van der Waals surface area contributed by atoms with Crippen molar-refractivity contribution in [3.8, 4) is 0 Å². The van der Waals surface area contributed by atoms with E-state index in [9.17, 15) is 9.59 Å². The highest BCUT2D eigenvalue weighted by Gasteiger charge is 2.75. The number of anilines is 1. The van der Waals surface area contributed by atoms with Crippen LogP contribution in [0.3, 0.4) is 0 Å². The first-order valence-electron chi connectivity index (χ1n) is 11.9. The lowest BCUT2D eigenvalue weighted by Gasteiger charge is -2.48. The molecule has 4 nitrogen and oxygen atoms in total. The fourth-order valence-electron chi connectivity index (χ4n) is 6.67. The summed E-state index contributed by atoms with van der Waals surface area (Å²) in [4.78, 5) is 32.2. The molecule has 0 aromatic heterocycles. The summed E-state index contributed by atoms with van der Waals surface area (Å²) < 4.78 is -1.07. The zero-order valence-corrected chi connectivity index (χ0v) is 20.4. The number of carbonyl (C=O) groups is 2. The molecule has 1 amide bonds. The number of Topliss-reactive ketones (excluding diaryl/α,β-unsaturated/α-hetero) is 1. The van der Waals surface area contributed by atoms with E-state index in [0.717, 1.165) is 32.5 Å². The van der Waals surface area contributed by atoms with Gasteiger partial charge < -0.3 is 5.32 Å². The van der Waals surface area contributed by atoms with Crippen LogP contribution in [0.5, 0.6) is 0 Å². The van der Waals surface area contributed by atoms with Gasteiger partial charge in [-0.1, -0.05) is 78.4 Å². The van der Waals surface area contributed by atoms with Gasteiger partial charge in [-0.25, -0.2) is 0 Å². The lowest BCUT2D eigenvalue weighted by atomic mass is 9.71. The Kier molecular flexibility index (Phi) is 4.22. The quantitative estimate of drug-likeness (QED) is 0.380. The van der Waals surface area contributed by atoms with Crippen LogP contribution in [0, 0.1) is 6.92 Å². The van der Waals surface area contributed by atoms with E-state index in [1.165, 1.54) is 5.56 Å². The Morgan fingerprint density at radius 1 is 0.914 bits per heavy atom. The predicted octanol–water partition coefficient (Wildman–Crippen LogP) is 5.75. The number of amides is 1. The number of rotatable bonds is 1. The summed E-state index contributed by atoms with van der Waals surface area (Å²) >= 11 is 1.57. The Morgan fingerprint density at radius 3 is 2.46 bits per heavy atom. The van der Waals surface area contributed by atoms with Gasteiger partial charge in [0, 0.05) is 22.9 Å². The van der Waals surface area contributed by atoms with Crippen molar-refractivity contribution in [2.24, 2.45) is 0 Å². The van der Waals surface area contributed by atoms with Crippen molar-refractivity contribution in [3.63, 3.8) is 0 Å². The Labute approximate surface area is 208 Å². The number of benzene rings is 4. The molecule has 4 aromatic carbocycles. The summed E-state index contributed by atoms with van der Waals surface area (Å²) in [5, 5.41) is 5.23. The number of likely N-dealkylation sites (tertiary alicyclic amines) is 1. The highest BCUT2D eigenvalue weighted by Crippen LogP contribution is 2.67. The fourth-order valence-corrected chi connectivity index (χ4v) is 8.40. The maximum absolute atomic E-state index is 14.6. The minimum atomic E-state index is -1.12. The normalized spacial score (nSPS) is 27.1. The Balaban J connectivity index is 1.58. The van der Waals surface area contributed by atoms with Crippen molar-refractivity contribution in [1.29, 1.82) is 0 Å². The number of likely N-dealkylation sites (N-methyl/N-ethyl adjacent to an activating group) is 1. The molecule has 7 rings (SSSR count). The van der Waals surface area contributed by atoms with Gasteiger partial charge >= 0.3 is 0 Å². The Morgan fingerprint density at radius 2 is 1.66 bits per heavy atom. The van der Waals surface area contributed by atoms with E-state index in [4.69, 9.17) is 0 Å². The van der Waals surface area contributed by atoms with E-state index >= 15 is 0 Å². The maximum Gasteiger partial charge on any atom is 0.244 e.